The molecule has 0 spiro atoms. The second-order valence-electron chi connectivity index (χ2n) is 9.12. The van der Waals surface area contributed by atoms with Crippen molar-refractivity contribution in [1.29, 1.82) is 0 Å². The van der Waals surface area contributed by atoms with Crippen LogP contribution in [0.4, 0.5) is 5.69 Å². The Hall–Kier alpha value is -4.98. The van der Waals surface area contributed by atoms with E-state index in [1.807, 2.05) is 54.6 Å². The Kier molecular flexibility index (Phi) is 5.45. The molecule has 1 aliphatic heterocycles. The van der Waals surface area contributed by atoms with Gasteiger partial charge < -0.3 is 24.9 Å². The van der Waals surface area contributed by atoms with E-state index in [1.54, 1.807) is 33.5 Å². The van der Waals surface area contributed by atoms with Gasteiger partial charge in [0.25, 0.3) is 11.8 Å². The van der Waals surface area contributed by atoms with E-state index in [-0.39, 0.29) is 18.4 Å². The van der Waals surface area contributed by atoms with Crippen LogP contribution in [0.15, 0.2) is 66.7 Å². The van der Waals surface area contributed by atoms with Crippen LogP contribution in [0.3, 0.4) is 0 Å². The highest BCUT2D eigenvalue weighted by Gasteiger charge is 2.39. The molecule has 1 aliphatic rings. The first-order chi connectivity index (χ1) is 18.4. The Morgan fingerprint density at radius 2 is 1.53 bits per heavy atom. The fourth-order valence-electron chi connectivity index (χ4n) is 5.24. The van der Waals surface area contributed by atoms with E-state index in [2.05, 4.69) is 4.98 Å². The summed E-state index contributed by atoms with van der Waals surface area (Å²) < 4.78 is 16.7. The largest absolute Gasteiger partial charge is 0.493 e. The number of H-pyrrole nitrogens is 1. The van der Waals surface area contributed by atoms with Crippen LogP contribution in [0.25, 0.3) is 32.9 Å². The summed E-state index contributed by atoms with van der Waals surface area (Å²) in [4.78, 5) is 32.0. The SMILES string of the molecule is COc1cc(-c2cc3c(c4[nH]c5ccc(N)cc5c24)C(=O)N(Cc2ccccc2)C3=O)cc(OC)c1OC. The first kappa shape index (κ1) is 23.4. The molecule has 0 atom stereocenters. The number of nitrogens with two attached hydrogens (primary N) is 1. The van der Waals surface area contributed by atoms with Gasteiger partial charge in [0.15, 0.2) is 11.5 Å². The number of ether oxygens (including phenoxy) is 3. The fourth-order valence-corrected chi connectivity index (χ4v) is 5.24. The smallest absolute Gasteiger partial charge is 0.264 e. The summed E-state index contributed by atoms with van der Waals surface area (Å²) in [5, 5.41) is 1.62. The molecule has 0 radical (unpaired) electrons. The number of hydrogen-bond donors (Lipinski definition) is 2. The van der Waals surface area contributed by atoms with E-state index in [1.165, 1.54) is 4.90 Å². The molecule has 8 nitrogen and oxygen atoms in total. The van der Waals surface area contributed by atoms with Crippen LogP contribution in [-0.2, 0) is 6.54 Å². The first-order valence-corrected chi connectivity index (χ1v) is 12.0. The molecule has 190 valence electrons. The number of imide groups is 1. The van der Waals surface area contributed by atoms with Crippen molar-refractivity contribution in [1.82, 2.24) is 9.88 Å². The highest BCUT2D eigenvalue weighted by molar-refractivity contribution is 6.30. The van der Waals surface area contributed by atoms with Gasteiger partial charge in [0.05, 0.1) is 44.5 Å². The van der Waals surface area contributed by atoms with Crippen molar-refractivity contribution in [3.8, 4) is 28.4 Å². The number of amides is 2. The molecule has 5 aromatic rings. The highest BCUT2D eigenvalue weighted by atomic mass is 16.5. The molecule has 3 N–H and O–H groups in total. The van der Waals surface area contributed by atoms with Crippen LogP contribution >= 0.6 is 0 Å². The van der Waals surface area contributed by atoms with Gasteiger partial charge in [-0.15, -0.1) is 0 Å². The highest BCUT2D eigenvalue weighted by Crippen LogP contribution is 2.46. The number of carbonyl (C=O) groups is 2. The van der Waals surface area contributed by atoms with Crippen molar-refractivity contribution in [2.75, 3.05) is 27.1 Å². The number of methoxy groups -OCH3 is 3. The van der Waals surface area contributed by atoms with Gasteiger partial charge in [0.1, 0.15) is 0 Å². The molecule has 1 aromatic heterocycles. The predicted octanol–water partition coefficient (Wildman–Crippen LogP) is 5.39. The van der Waals surface area contributed by atoms with Crippen molar-refractivity contribution < 1.29 is 23.8 Å². The van der Waals surface area contributed by atoms with Crippen molar-refractivity contribution in [3.05, 3.63) is 83.4 Å². The number of nitrogen functional groups attached to an aromatic ring is 1. The van der Waals surface area contributed by atoms with E-state index < -0.39 is 0 Å². The minimum Gasteiger partial charge on any atom is -0.493 e. The third kappa shape index (κ3) is 3.45. The predicted molar refractivity (Wildman–Crippen MR) is 146 cm³/mol. The topological polar surface area (TPSA) is 107 Å². The third-order valence-corrected chi connectivity index (χ3v) is 6.99. The van der Waals surface area contributed by atoms with Gasteiger partial charge in [-0.05, 0) is 53.1 Å². The van der Waals surface area contributed by atoms with Gasteiger partial charge in [0, 0.05) is 22.0 Å². The Balaban J connectivity index is 1.64. The normalized spacial score (nSPS) is 12.9. The number of carbonyl (C=O) groups excluding carboxylic acids is 2. The number of rotatable bonds is 6. The summed E-state index contributed by atoms with van der Waals surface area (Å²) in [6.45, 7) is 0.182. The van der Waals surface area contributed by atoms with Crippen LogP contribution < -0.4 is 19.9 Å². The van der Waals surface area contributed by atoms with Crippen LogP contribution in [0, 0.1) is 0 Å². The Bertz CT molecular complexity index is 1730. The monoisotopic (exact) mass is 507 g/mol. The van der Waals surface area contributed by atoms with Gasteiger partial charge in [-0.2, -0.15) is 0 Å². The fraction of sp³-hybridized carbons (Fsp3) is 0.133. The van der Waals surface area contributed by atoms with Gasteiger partial charge in [0.2, 0.25) is 5.75 Å². The number of anilines is 1. The Labute approximate surface area is 218 Å². The molecule has 4 aromatic carbocycles. The Morgan fingerprint density at radius 3 is 2.18 bits per heavy atom. The summed E-state index contributed by atoms with van der Waals surface area (Å²) in [6.07, 6.45) is 0. The average molecular weight is 508 g/mol. The van der Waals surface area contributed by atoms with E-state index in [0.29, 0.717) is 39.6 Å². The number of aromatic amines is 1. The summed E-state index contributed by atoms with van der Waals surface area (Å²) in [5.74, 6) is 0.725. The second kappa shape index (κ2) is 8.85. The van der Waals surface area contributed by atoms with Crippen molar-refractivity contribution in [3.63, 3.8) is 0 Å². The molecule has 38 heavy (non-hydrogen) atoms. The number of nitrogens with one attached hydrogen (secondary N) is 1. The summed E-state index contributed by atoms with van der Waals surface area (Å²) in [6, 6.07) is 20.4. The molecule has 0 unspecified atom stereocenters. The third-order valence-electron chi connectivity index (χ3n) is 6.99. The zero-order valence-electron chi connectivity index (χ0n) is 21.1. The number of aromatic nitrogens is 1. The van der Waals surface area contributed by atoms with E-state index in [4.69, 9.17) is 19.9 Å². The molecular formula is C30H25N3O5. The maximum absolute atomic E-state index is 13.7. The molecule has 8 heteroatoms. The molecule has 0 saturated heterocycles. The maximum atomic E-state index is 13.7. The standard InChI is InChI=1S/C30H25N3O5/c1-36-23-11-17(12-24(37-2)28(23)38-3)19-14-21-26(27-25(19)20-13-18(31)9-10-22(20)32-27)30(35)33(29(21)34)15-16-7-5-4-6-8-16/h4-14,32H,15,31H2,1-3H3. The molecule has 0 aliphatic carbocycles. The van der Waals surface area contributed by atoms with Crippen molar-refractivity contribution >= 4 is 39.3 Å². The summed E-state index contributed by atoms with van der Waals surface area (Å²) in [5.41, 5.74) is 11.2. The minimum atomic E-state index is -0.345. The number of hydrogen-bond acceptors (Lipinski definition) is 6. The summed E-state index contributed by atoms with van der Waals surface area (Å²) >= 11 is 0. The van der Waals surface area contributed by atoms with Gasteiger partial charge in [-0.1, -0.05) is 30.3 Å². The Morgan fingerprint density at radius 1 is 0.816 bits per heavy atom. The zero-order chi connectivity index (χ0) is 26.6. The van der Waals surface area contributed by atoms with Crippen LogP contribution in [0.5, 0.6) is 17.2 Å². The molecule has 0 bridgehead atoms. The number of fused-ring (bicyclic) bond motifs is 5. The summed E-state index contributed by atoms with van der Waals surface area (Å²) in [7, 11) is 4.65. The molecule has 0 saturated carbocycles. The zero-order valence-corrected chi connectivity index (χ0v) is 21.1. The lowest BCUT2D eigenvalue weighted by atomic mass is 9.93. The van der Waals surface area contributed by atoms with Crippen molar-refractivity contribution in [2.24, 2.45) is 0 Å². The minimum absolute atomic E-state index is 0.182. The first-order valence-electron chi connectivity index (χ1n) is 12.0. The quantitative estimate of drug-likeness (QED) is 0.236. The van der Waals surface area contributed by atoms with Crippen LogP contribution in [-0.4, -0.2) is 43.0 Å². The number of nitrogens with zero attached hydrogens (tertiary/aromatic N) is 1. The molecule has 2 heterocycles. The van der Waals surface area contributed by atoms with E-state index >= 15 is 0 Å². The lowest BCUT2D eigenvalue weighted by Gasteiger charge is -2.15. The number of benzene rings is 4. The molecule has 2 amide bonds. The molecule has 6 rings (SSSR count). The lowest BCUT2D eigenvalue weighted by Crippen LogP contribution is -2.29. The molecular weight excluding hydrogens is 482 g/mol. The van der Waals surface area contributed by atoms with Gasteiger partial charge >= 0.3 is 0 Å². The van der Waals surface area contributed by atoms with Gasteiger partial charge in [-0.3, -0.25) is 14.5 Å². The van der Waals surface area contributed by atoms with Gasteiger partial charge in [-0.25, -0.2) is 0 Å². The lowest BCUT2D eigenvalue weighted by molar-refractivity contribution is 0.0643. The maximum Gasteiger partial charge on any atom is 0.264 e. The van der Waals surface area contributed by atoms with Crippen LogP contribution in [0.2, 0.25) is 0 Å². The average Bonchev–Trinajstić information content (AvgIpc) is 3.42. The molecule has 0 fully saturated rings. The second-order valence-corrected chi connectivity index (χ2v) is 9.12. The van der Waals surface area contributed by atoms with Crippen LogP contribution in [0.1, 0.15) is 26.3 Å². The van der Waals surface area contributed by atoms with Crippen molar-refractivity contribution in [2.45, 2.75) is 6.54 Å². The van der Waals surface area contributed by atoms with E-state index in [9.17, 15) is 9.59 Å². The van der Waals surface area contributed by atoms with E-state index in [0.717, 1.165) is 33.0 Å².